The van der Waals surface area contributed by atoms with Gasteiger partial charge in [0.05, 0.1) is 18.7 Å². The number of hydrogen-bond acceptors (Lipinski definition) is 5. The Hall–Kier alpha value is -4.18. The van der Waals surface area contributed by atoms with Gasteiger partial charge >= 0.3 is 0 Å². The molecule has 2 amide bonds. The van der Waals surface area contributed by atoms with Crippen LogP contribution in [0.15, 0.2) is 66.9 Å². The van der Waals surface area contributed by atoms with Crippen molar-refractivity contribution in [3.63, 3.8) is 0 Å². The van der Waals surface area contributed by atoms with E-state index >= 15 is 0 Å². The molecule has 0 unspecified atom stereocenters. The van der Waals surface area contributed by atoms with Crippen molar-refractivity contribution in [2.45, 2.75) is 0 Å². The minimum Gasteiger partial charge on any atom is -0.497 e. The fourth-order valence-corrected chi connectivity index (χ4v) is 2.44. The highest BCUT2D eigenvalue weighted by Gasteiger charge is 2.13. The van der Waals surface area contributed by atoms with Gasteiger partial charge in [0.2, 0.25) is 0 Å². The number of carbonyl (C=O) groups is 2. The van der Waals surface area contributed by atoms with Gasteiger partial charge < -0.3 is 15.4 Å². The van der Waals surface area contributed by atoms with Crippen molar-refractivity contribution in [3.8, 4) is 11.8 Å². The second-order valence-electron chi connectivity index (χ2n) is 5.76. The molecule has 138 valence electrons. The standard InChI is InChI=1S/C21H16N4O3/c1-28-18-7-5-16(6-8-18)24-21(27)19-12-15(9-10-23-19)20(26)25-17-4-2-3-14(11-17)13-22/h2-12H,1H3,(H,24,27)(H,25,26). The maximum absolute atomic E-state index is 12.4. The Morgan fingerprint density at radius 1 is 0.964 bits per heavy atom. The molecule has 3 aromatic rings. The summed E-state index contributed by atoms with van der Waals surface area (Å²) in [6, 6.07) is 18.3. The number of benzene rings is 2. The van der Waals surface area contributed by atoms with E-state index < -0.39 is 11.8 Å². The van der Waals surface area contributed by atoms with Crippen molar-refractivity contribution >= 4 is 23.2 Å². The van der Waals surface area contributed by atoms with Crippen LogP contribution in [-0.4, -0.2) is 23.9 Å². The van der Waals surface area contributed by atoms with Crippen LogP contribution in [0, 0.1) is 11.3 Å². The van der Waals surface area contributed by atoms with E-state index in [9.17, 15) is 9.59 Å². The number of aromatic nitrogens is 1. The SMILES string of the molecule is COc1ccc(NC(=O)c2cc(C(=O)Nc3cccc(C#N)c3)ccn2)cc1. The Labute approximate surface area is 161 Å². The molecule has 0 bridgehead atoms. The van der Waals surface area contributed by atoms with Gasteiger partial charge in [-0.25, -0.2) is 0 Å². The minimum absolute atomic E-state index is 0.106. The summed E-state index contributed by atoms with van der Waals surface area (Å²) in [5.41, 5.74) is 1.89. The lowest BCUT2D eigenvalue weighted by Crippen LogP contribution is -2.17. The lowest BCUT2D eigenvalue weighted by Gasteiger charge is -2.08. The smallest absolute Gasteiger partial charge is 0.274 e. The molecule has 0 radical (unpaired) electrons. The second-order valence-corrected chi connectivity index (χ2v) is 5.76. The summed E-state index contributed by atoms with van der Waals surface area (Å²) in [5, 5.41) is 14.4. The fourth-order valence-electron chi connectivity index (χ4n) is 2.44. The number of nitrogens with one attached hydrogen (secondary N) is 2. The van der Waals surface area contributed by atoms with Gasteiger partial charge in [-0.05, 0) is 54.6 Å². The van der Waals surface area contributed by atoms with Crippen molar-refractivity contribution in [1.82, 2.24) is 4.98 Å². The predicted octanol–water partition coefficient (Wildman–Crippen LogP) is 3.47. The molecule has 0 fully saturated rings. The number of nitrogens with zero attached hydrogens (tertiary/aromatic N) is 2. The molecule has 0 aliphatic heterocycles. The van der Waals surface area contributed by atoms with E-state index in [4.69, 9.17) is 10.00 Å². The van der Waals surface area contributed by atoms with Crippen LogP contribution in [0.5, 0.6) is 5.75 Å². The third kappa shape index (κ3) is 4.51. The van der Waals surface area contributed by atoms with E-state index in [1.807, 2.05) is 6.07 Å². The Morgan fingerprint density at radius 2 is 1.71 bits per heavy atom. The maximum Gasteiger partial charge on any atom is 0.274 e. The molecular formula is C21H16N4O3. The number of pyridine rings is 1. The van der Waals surface area contributed by atoms with Gasteiger partial charge in [0.15, 0.2) is 0 Å². The number of amides is 2. The molecule has 1 aromatic heterocycles. The van der Waals surface area contributed by atoms with Gasteiger partial charge in [-0.3, -0.25) is 14.6 Å². The first-order valence-electron chi connectivity index (χ1n) is 8.32. The van der Waals surface area contributed by atoms with Gasteiger partial charge in [-0.2, -0.15) is 5.26 Å². The Kier molecular flexibility index (Phi) is 5.63. The van der Waals surface area contributed by atoms with Crippen molar-refractivity contribution in [2.75, 3.05) is 17.7 Å². The molecule has 0 aliphatic rings. The topological polar surface area (TPSA) is 104 Å². The number of rotatable bonds is 5. The molecule has 28 heavy (non-hydrogen) atoms. The van der Waals surface area contributed by atoms with Crippen LogP contribution in [0.1, 0.15) is 26.4 Å². The molecule has 1 heterocycles. The van der Waals surface area contributed by atoms with E-state index in [0.717, 1.165) is 0 Å². The Balaban J connectivity index is 1.72. The quantitative estimate of drug-likeness (QED) is 0.714. The number of methoxy groups -OCH3 is 1. The summed E-state index contributed by atoms with van der Waals surface area (Å²) in [7, 11) is 1.56. The molecule has 2 N–H and O–H groups in total. The summed E-state index contributed by atoms with van der Waals surface area (Å²) >= 11 is 0. The first kappa shape index (κ1) is 18.6. The maximum atomic E-state index is 12.4. The summed E-state index contributed by atoms with van der Waals surface area (Å²) in [6.45, 7) is 0. The molecule has 7 heteroatoms. The van der Waals surface area contributed by atoms with Crippen molar-refractivity contribution in [2.24, 2.45) is 0 Å². The van der Waals surface area contributed by atoms with E-state index in [-0.39, 0.29) is 11.3 Å². The molecule has 0 atom stereocenters. The van der Waals surface area contributed by atoms with Crippen LogP contribution in [0.25, 0.3) is 0 Å². The van der Waals surface area contributed by atoms with E-state index in [1.165, 1.54) is 18.3 Å². The third-order valence-electron chi connectivity index (χ3n) is 3.85. The van der Waals surface area contributed by atoms with Gasteiger partial charge in [0.25, 0.3) is 11.8 Å². The summed E-state index contributed by atoms with van der Waals surface area (Å²) in [5.74, 6) is -0.169. The molecule has 0 aliphatic carbocycles. The van der Waals surface area contributed by atoms with Crippen LogP contribution in [0.3, 0.4) is 0 Å². The number of hydrogen-bond donors (Lipinski definition) is 2. The van der Waals surface area contributed by atoms with E-state index in [2.05, 4.69) is 15.6 Å². The third-order valence-corrected chi connectivity index (χ3v) is 3.85. The van der Waals surface area contributed by atoms with Gasteiger partial charge in [-0.1, -0.05) is 6.07 Å². The zero-order chi connectivity index (χ0) is 19.9. The number of ether oxygens (including phenoxy) is 1. The molecule has 7 nitrogen and oxygen atoms in total. The molecular weight excluding hydrogens is 356 g/mol. The highest BCUT2D eigenvalue weighted by atomic mass is 16.5. The number of anilines is 2. The molecule has 3 rings (SSSR count). The second kappa shape index (κ2) is 8.47. The monoisotopic (exact) mass is 372 g/mol. The molecule has 0 saturated heterocycles. The summed E-state index contributed by atoms with van der Waals surface area (Å²) in [6.07, 6.45) is 1.39. The van der Waals surface area contributed by atoms with Crippen molar-refractivity contribution in [3.05, 3.63) is 83.7 Å². The lowest BCUT2D eigenvalue weighted by molar-refractivity contribution is 0.102. The predicted molar refractivity (Wildman–Crippen MR) is 104 cm³/mol. The van der Waals surface area contributed by atoms with Crippen LogP contribution >= 0.6 is 0 Å². The molecule has 2 aromatic carbocycles. The first-order chi connectivity index (χ1) is 13.6. The highest BCUT2D eigenvalue weighted by Crippen LogP contribution is 2.16. The van der Waals surface area contributed by atoms with Crippen molar-refractivity contribution in [1.29, 1.82) is 5.26 Å². The average molecular weight is 372 g/mol. The molecule has 0 saturated carbocycles. The first-order valence-corrected chi connectivity index (χ1v) is 8.32. The molecule has 0 spiro atoms. The van der Waals surface area contributed by atoms with Crippen LogP contribution in [0.2, 0.25) is 0 Å². The fraction of sp³-hybridized carbons (Fsp3) is 0.0476. The van der Waals surface area contributed by atoms with Gasteiger partial charge in [-0.15, -0.1) is 0 Å². The van der Waals surface area contributed by atoms with Crippen LogP contribution < -0.4 is 15.4 Å². The Bertz CT molecular complexity index is 1060. The highest BCUT2D eigenvalue weighted by molar-refractivity contribution is 6.07. The average Bonchev–Trinajstić information content (AvgIpc) is 2.74. The van der Waals surface area contributed by atoms with Crippen molar-refractivity contribution < 1.29 is 14.3 Å². The number of carbonyl (C=O) groups excluding carboxylic acids is 2. The largest absolute Gasteiger partial charge is 0.497 e. The van der Waals surface area contributed by atoms with Gasteiger partial charge in [0.1, 0.15) is 11.4 Å². The normalized spacial score (nSPS) is 9.86. The summed E-state index contributed by atoms with van der Waals surface area (Å²) in [4.78, 5) is 28.9. The Morgan fingerprint density at radius 3 is 2.43 bits per heavy atom. The van der Waals surface area contributed by atoms with E-state index in [0.29, 0.717) is 22.7 Å². The van der Waals surface area contributed by atoms with Crippen LogP contribution in [0.4, 0.5) is 11.4 Å². The zero-order valence-electron chi connectivity index (χ0n) is 15.0. The van der Waals surface area contributed by atoms with Gasteiger partial charge in [0, 0.05) is 23.1 Å². The lowest BCUT2D eigenvalue weighted by atomic mass is 10.2. The van der Waals surface area contributed by atoms with E-state index in [1.54, 1.807) is 55.6 Å². The van der Waals surface area contributed by atoms with Crippen LogP contribution in [-0.2, 0) is 0 Å². The zero-order valence-corrected chi connectivity index (χ0v) is 15.0. The summed E-state index contributed by atoms with van der Waals surface area (Å²) < 4.78 is 5.08. The minimum atomic E-state index is -0.439. The number of nitriles is 1.